The molecule has 0 unspecified atom stereocenters. The molecule has 0 bridgehead atoms. The van der Waals surface area contributed by atoms with E-state index in [9.17, 15) is 26.8 Å². The molecule has 2 aliphatic rings. The summed E-state index contributed by atoms with van der Waals surface area (Å²) in [4.78, 5) is 24.1. The van der Waals surface area contributed by atoms with E-state index in [0.29, 0.717) is 12.6 Å². The van der Waals surface area contributed by atoms with Crippen LogP contribution in [0, 0.1) is 17.6 Å². The highest BCUT2D eigenvalue weighted by Gasteiger charge is 2.35. The van der Waals surface area contributed by atoms with E-state index < -0.39 is 44.5 Å². The molecule has 1 N–H and O–H groups in total. The lowest BCUT2D eigenvalue weighted by Gasteiger charge is -2.30. The van der Waals surface area contributed by atoms with Gasteiger partial charge in [0.1, 0.15) is 16.5 Å². The minimum Gasteiger partial charge on any atom is -0.452 e. The second kappa shape index (κ2) is 11.2. The lowest BCUT2D eigenvalue weighted by Crippen LogP contribution is -2.42. The fourth-order valence-electron chi connectivity index (χ4n) is 4.10. The van der Waals surface area contributed by atoms with Crippen molar-refractivity contribution in [2.24, 2.45) is 5.92 Å². The van der Waals surface area contributed by atoms with Crippen LogP contribution in [0.15, 0.2) is 34.7 Å². The zero-order chi connectivity index (χ0) is 24.0. The molecule has 1 aliphatic carbocycles. The summed E-state index contributed by atoms with van der Waals surface area (Å²) in [5.74, 6) is -3.50. The minimum absolute atomic E-state index is 0.00535. The van der Waals surface area contributed by atoms with Gasteiger partial charge in [-0.2, -0.15) is 4.31 Å². The molecule has 1 atom stereocenters. The molecule has 0 saturated carbocycles. The molecule has 1 fully saturated rings. The van der Waals surface area contributed by atoms with E-state index >= 15 is 0 Å². The smallest absolute Gasteiger partial charge is 0.309 e. The van der Waals surface area contributed by atoms with Crippen LogP contribution in [-0.4, -0.2) is 50.3 Å². The lowest BCUT2D eigenvalue weighted by atomic mass is 9.97. The number of carbonyl (C=O) groups excluding carboxylic acids is 2. The molecule has 33 heavy (non-hydrogen) atoms. The van der Waals surface area contributed by atoms with Crippen LogP contribution in [0.3, 0.4) is 0 Å². The van der Waals surface area contributed by atoms with Crippen molar-refractivity contribution < 1.29 is 31.5 Å². The number of sulfonamides is 1. The highest BCUT2D eigenvalue weighted by atomic mass is 32.2. The first-order valence-corrected chi connectivity index (χ1v) is 12.7. The van der Waals surface area contributed by atoms with Gasteiger partial charge in [-0.1, -0.05) is 11.6 Å². The number of nitrogens with zero attached hydrogens (tertiary/aromatic N) is 1. The maximum absolute atomic E-state index is 14.0. The lowest BCUT2D eigenvalue weighted by molar-refractivity contribution is -0.159. The number of rotatable bonds is 8. The maximum Gasteiger partial charge on any atom is 0.309 e. The van der Waals surface area contributed by atoms with Crippen molar-refractivity contribution in [1.29, 1.82) is 0 Å². The molecule has 182 valence electrons. The number of allylic oxidation sites excluding steroid dienone is 1. The van der Waals surface area contributed by atoms with Crippen molar-refractivity contribution >= 4 is 21.9 Å². The van der Waals surface area contributed by atoms with Gasteiger partial charge in [0.05, 0.1) is 5.92 Å². The van der Waals surface area contributed by atoms with E-state index in [2.05, 4.69) is 11.4 Å². The van der Waals surface area contributed by atoms with Crippen molar-refractivity contribution in [3.63, 3.8) is 0 Å². The zero-order valence-corrected chi connectivity index (χ0v) is 19.5. The number of amides is 1. The number of carbonyl (C=O) groups is 2. The Labute approximate surface area is 193 Å². The van der Waals surface area contributed by atoms with Gasteiger partial charge < -0.3 is 10.1 Å². The molecule has 1 amide bonds. The van der Waals surface area contributed by atoms with Crippen LogP contribution in [0.4, 0.5) is 8.78 Å². The summed E-state index contributed by atoms with van der Waals surface area (Å²) in [6.07, 6.45) is 6.94. The predicted octanol–water partition coefficient (Wildman–Crippen LogP) is 3.30. The third-order valence-electron chi connectivity index (χ3n) is 6.09. The van der Waals surface area contributed by atoms with E-state index in [1.54, 1.807) is 0 Å². The quantitative estimate of drug-likeness (QED) is 0.452. The molecule has 1 heterocycles. The van der Waals surface area contributed by atoms with Crippen molar-refractivity contribution in [3.05, 3.63) is 41.5 Å². The standard InChI is InChI=1S/C23H30F2N2O5S/c1-16(22(28)26-12-9-17-5-3-2-4-6-17)32-23(29)18-10-13-27(14-11-18)33(30,31)21-8-7-19(24)15-20(21)25/h5,7-8,15-16,18H,2-4,6,9-14H2,1H3,(H,26,28)/t16-/m0/s1. The van der Waals surface area contributed by atoms with E-state index in [0.717, 1.165) is 35.7 Å². The summed E-state index contributed by atoms with van der Waals surface area (Å²) in [7, 11) is -4.14. The van der Waals surface area contributed by atoms with Crippen molar-refractivity contribution in [2.75, 3.05) is 19.6 Å². The molecule has 1 aromatic carbocycles. The van der Waals surface area contributed by atoms with Crippen molar-refractivity contribution in [2.45, 2.75) is 62.9 Å². The summed E-state index contributed by atoms with van der Waals surface area (Å²) in [5, 5.41) is 2.79. The zero-order valence-electron chi connectivity index (χ0n) is 18.7. The molecule has 0 radical (unpaired) electrons. The average molecular weight is 485 g/mol. The summed E-state index contributed by atoms with van der Waals surface area (Å²) in [6, 6.07) is 2.31. The summed E-state index contributed by atoms with van der Waals surface area (Å²) >= 11 is 0. The fraction of sp³-hybridized carbons (Fsp3) is 0.565. The number of ether oxygens (including phenoxy) is 1. The first-order valence-electron chi connectivity index (χ1n) is 11.3. The first-order chi connectivity index (χ1) is 15.7. The molecule has 1 saturated heterocycles. The Morgan fingerprint density at radius 2 is 1.94 bits per heavy atom. The predicted molar refractivity (Wildman–Crippen MR) is 118 cm³/mol. The first kappa shape index (κ1) is 25.3. The third-order valence-corrected chi connectivity index (χ3v) is 8.02. The summed E-state index contributed by atoms with van der Waals surface area (Å²) < 4.78 is 58.8. The SMILES string of the molecule is C[C@H](OC(=O)C1CCN(S(=O)(=O)c2ccc(F)cc2F)CC1)C(=O)NCCC1=CCCCC1. The molecule has 7 nitrogen and oxygen atoms in total. The van der Waals surface area contributed by atoms with Gasteiger partial charge in [0.2, 0.25) is 10.0 Å². The molecule has 0 aromatic heterocycles. The molecule has 1 aromatic rings. The Hall–Kier alpha value is -2.33. The van der Waals surface area contributed by atoms with Crippen LogP contribution < -0.4 is 5.32 Å². The van der Waals surface area contributed by atoms with Crippen molar-refractivity contribution in [1.82, 2.24) is 9.62 Å². The fourth-order valence-corrected chi connectivity index (χ4v) is 5.62. The maximum atomic E-state index is 14.0. The Kier molecular flexibility index (Phi) is 8.58. The van der Waals surface area contributed by atoms with Crippen LogP contribution in [0.1, 0.15) is 51.9 Å². The second-order valence-corrected chi connectivity index (χ2v) is 10.4. The van der Waals surface area contributed by atoms with Crippen LogP contribution >= 0.6 is 0 Å². The average Bonchev–Trinajstić information content (AvgIpc) is 2.79. The van der Waals surface area contributed by atoms with Crippen LogP contribution in [0.5, 0.6) is 0 Å². The Balaban J connectivity index is 1.45. The number of hydrogen-bond donors (Lipinski definition) is 1. The Morgan fingerprint density at radius 3 is 2.58 bits per heavy atom. The van der Waals surface area contributed by atoms with Gasteiger partial charge in [0.15, 0.2) is 6.10 Å². The van der Waals surface area contributed by atoms with Gasteiger partial charge in [-0.25, -0.2) is 17.2 Å². The van der Waals surface area contributed by atoms with Gasteiger partial charge in [-0.3, -0.25) is 9.59 Å². The van der Waals surface area contributed by atoms with E-state index in [-0.39, 0.29) is 31.8 Å². The molecule has 0 spiro atoms. The molecular formula is C23H30F2N2O5S. The number of esters is 1. The molecule has 1 aliphatic heterocycles. The number of benzene rings is 1. The third kappa shape index (κ3) is 6.60. The monoisotopic (exact) mass is 484 g/mol. The van der Waals surface area contributed by atoms with E-state index in [1.165, 1.54) is 25.3 Å². The second-order valence-electron chi connectivity index (χ2n) is 8.48. The highest BCUT2D eigenvalue weighted by Crippen LogP contribution is 2.26. The van der Waals surface area contributed by atoms with Gasteiger partial charge in [0.25, 0.3) is 5.91 Å². The Morgan fingerprint density at radius 1 is 1.21 bits per heavy atom. The summed E-state index contributed by atoms with van der Waals surface area (Å²) in [6.45, 7) is 1.98. The number of piperidine rings is 1. The summed E-state index contributed by atoms with van der Waals surface area (Å²) in [5.41, 5.74) is 1.34. The topological polar surface area (TPSA) is 92.8 Å². The van der Waals surface area contributed by atoms with Gasteiger partial charge in [-0.15, -0.1) is 0 Å². The minimum atomic E-state index is -4.14. The van der Waals surface area contributed by atoms with Gasteiger partial charge in [-0.05, 0) is 64.0 Å². The van der Waals surface area contributed by atoms with Crippen LogP contribution in [0.25, 0.3) is 0 Å². The van der Waals surface area contributed by atoms with Gasteiger partial charge >= 0.3 is 5.97 Å². The van der Waals surface area contributed by atoms with Crippen LogP contribution in [-0.2, 0) is 24.3 Å². The van der Waals surface area contributed by atoms with Crippen LogP contribution in [0.2, 0.25) is 0 Å². The molecule has 3 rings (SSSR count). The highest BCUT2D eigenvalue weighted by molar-refractivity contribution is 7.89. The molecular weight excluding hydrogens is 454 g/mol. The largest absolute Gasteiger partial charge is 0.452 e. The number of nitrogens with one attached hydrogen (secondary N) is 1. The van der Waals surface area contributed by atoms with Gasteiger partial charge in [0, 0.05) is 25.7 Å². The van der Waals surface area contributed by atoms with E-state index in [4.69, 9.17) is 4.74 Å². The van der Waals surface area contributed by atoms with Crippen molar-refractivity contribution in [3.8, 4) is 0 Å². The Bertz CT molecular complexity index is 1000. The number of halogens is 2. The normalized spacial score (nSPS) is 18.9. The molecule has 10 heteroatoms. The number of hydrogen-bond acceptors (Lipinski definition) is 5. The van der Waals surface area contributed by atoms with E-state index in [1.807, 2.05) is 0 Å².